The van der Waals surface area contributed by atoms with Crippen LogP contribution in [-0.4, -0.2) is 48.0 Å². The van der Waals surface area contributed by atoms with E-state index in [-0.39, 0.29) is 12.1 Å². The molecule has 1 saturated carbocycles. The van der Waals surface area contributed by atoms with Crippen molar-refractivity contribution >= 4 is 17.5 Å². The van der Waals surface area contributed by atoms with Gasteiger partial charge in [-0.3, -0.25) is 9.89 Å². The van der Waals surface area contributed by atoms with Gasteiger partial charge in [0.15, 0.2) is 0 Å². The molecule has 3 N–H and O–H groups in total. The Morgan fingerprint density at radius 3 is 2.52 bits per heavy atom. The van der Waals surface area contributed by atoms with E-state index in [2.05, 4.69) is 29.6 Å². The SMILES string of the molecule is CC.CC(C)(C)OC(=O)N1CCC(=Nc2ccc(CCC3CC3)cc2)C2=C(N)CCNCC21. The first kappa shape index (κ1) is 25.3. The molecule has 1 amide bonds. The average Bonchev–Trinajstić information content (AvgIpc) is 3.62. The maximum Gasteiger partial charge on any atom is 0.410 e. The summed E-state index contributed by atoms with van der Waals surface area (Å²) >= 11 is 0. The van der Waals surface area contributed by atoms with Crippen LogP contribution in [0.5, 0.6) is 0 Å². The molecule has 2 heterocycles. The van der Waals surface area contributed by atoms with Gasteiger partial charge in [0, 0.05) is 43.0 Å². The van der Waals surface area contributed by atoms with Crippen LogP contribution in [0.25, 0.3) is 0 Å². The highest BCUT2D eigenvalue weighted by Gasteiger charge is 2.38. The molecule has 0 spiro atoms. The molecule has 0 radical (unpaired) electrons. The number of aliphatic imine (C=N–C) groups is 1. The van der Waals surface area contributed by atoms with E-state index in [1.54, 1.807) is 0 Å². The number of carbonyl (C=O) groups excluding carboxylic acids is 1. The molecular formula is C27H42N4O2. The van der Waals surface area contributed by atoms with Gasteiger partial charge in [0.2, 0.25) is 0 Å². The number of hydrogen-bond acceptors (Lipinski definition) is 5. The van der Waals surface area contributed by atoms with E-state index in [1.807, 2.05) is 39.5 Å². The van der Waals surface area contributed by atoms with Gasteiger partial charge in [0.25, 0.3) is 0 Å². The monoisotopic (exact) mass is 454 g/mol. The number of likely N-dealkylation sites (tertiary alicyclic amines) is 1. The summed E-state index contributed by atoms with van der Waals surface area (Å²) in [5.74, 6) is 0.950. The molecular weight excluding hydrogens is 412 g/mol. The first-order valence-electron chi connectivity index (χ1n) is 12.7. The largest absolute Gasteiger partial charge is 0.444 e. The molecule has 1 aromatic carbocycles. The second kappa shape index (κ2) is 11.2. The van der Waals surface area contributed by atoms with Gasteiger partial charge in [-0.2, -0.15) is 0 Å². The smallest absolute Gasteiger partial charge is 0.410 e. The van der Waals surface area contributed by atoms with Crippen molar-refractivity contribution in [1.29, 1.82) is 0 Å². The Morgan fingerprint density at radius 1 is 1.18 bits per heavy atom. The van der Waals surface area contributed by atoms with Crippen molar-refractivity contribution in [3.8, 4) is 0 Å². The molecule has 3 aliphatic rings. The Hall–Kier alpha value is -2.34. The second-order valence-electron chi connectivity index (χ2n) is 10.0. The molecule has 4 rings (SSSR count). The van der Waals surface area contributed by atoms with Crippen LogP contribution < -0.4 is 11.1 Å². The molecule has 2 aliphatic heterocycles. The molecule has 1 aliphatic carbocycles. The van der Waals surface area contributed by atoms with Gasteiger partial charge in [-0.15, -0.1) is 0 Å². The number of ether oxygens (including phenoxy) is 1. The highest BCUT2D eigenvalue weighted by Crippen LogP contribution is 2.34. The van der Waals surface area contributed by atoms with Gasteiger partial charge in [0.1, 0.15) is 5.60 Å². The fourth-order valence-electron chi connectivity index (χ4n) is 4.40. The van der Waals surface area contributed by atoms with E-state index in [9.17, 15) is 4.79 Å². The van der Waals surface area contributed by atoms with Gasteiger partial charge in [-0.1, -0.05) is 38.8 Å². The molecule has 2 fully saturated rings. The Labute approximate surface area is 199 Å². The number of amides is 1. The lowest BCUT2D eigenvalue weighted by molar-refractivity contribution is 0.0191. The highest BCUT2D eigenvalue weighted by atomic mass is 16.6. The Kier molecular flexibility index (Phi) is 8.57. The third kappa shape index (κ3) is 7.07. The van der Waals surface area contributed by atoms with Crippen molar-refractivity contribution in [2.45, 2.75) is 84.8 Å². The summed E-state index contributed by atoms with van der Waals surface area (Å²) in [7, 11) is 0. The normalized spacial score (nSPS) is 22.3. The minimum Gasteiger partial charge on any atom is -0.444 e. The number of nitrogens with zero attached hydrogens (tertiary/aromatic N) is 2. The zero-order valence-electron chi connectivity index (χ0n) is 21.1. The van der Waals surface area contributed by atoms with Gasteiger partial charge < -0.3 is 15.8 Å². The molecule has 33 heavy (non-hydrogen) atoms. The predicted octanol–water partition coefficient (Wildman–Crippen LogP) is 5.34. The lowest BCUT2D eigenvalue weighted by Crippen LogP contribution is -2.53. The quantitative estimate of drug-likeness (QED) is 0.643. The van der Waals surface area contributed by atoms with Crippen LogP contribution in [0.1, 0.15) is 72.3 Å². The standard InChI is InChI=1S/C25H36N4O2.C2H6/c1-25(2,3)31-24(30)29-15-13-21(23-20(26)12-14-27-16-22(23)29)28-19-10-8-18(9-11-19)7-6-17-4-5-17;1-2/h8-11,17,22,27H,4-7,12-16,26H2,1-3H3;1-2H3. The van der Waals surface area contributed by atoms with Gasteiger partial charge in [-0.25, -0.2) is 4.79 Å². The first-order valence-corrected chi connectivity index (χ1v) is 12.7. The lowest BCUT2D eigenvalue weighted by Gasteiger charge is -2.39. The van der Waals surface area contributed by atoms with Gasteiger partial charge in [0.05, 0.1) is 11.7 Å². The highest BCUT2D eigenvalue weighted by molar-refractivity contribution is 6.05. The van der Waals surface area contributed by atoms with Crippen molar-refractivity contribution < 1.29 is 9.53 Å². The van der Waals surface area contributed by atoms with E-state index >= 15 is 0 Å². The molecule has 1 aromatic rings. The Balaban J connectivity index is 0.00000149. The van der Waals surface area contributed by atoms with Crippen LogP contribution in [0, 0.1) is 5.92 Å². The van der Waals surface area contributed by atoms with Crippen molar-refractivity contribution in [1.82, 2.24) is 10.2 Å². The number of carbonyl (C=O) groups is 1. The molecule has 6 heteroatoms. The third-order valence-corrected chi connectivity index (χ3v) is 6.23. The van der Waals surface area contributed by atoms with Crippen molar-refractivity contribution in [2.75, 3.05) is 19.6 Å². The van der Waals surface area contributed by atoms with E-state index in [4.69, 9.17) is 15.5 Å². The maximum atomic E-state index is 12.9. The summed E-state index contributed by atoms with van der Waals surface area (Å²) in [5.41, 5.74) is 11.1. The van der Waals surface area contributed by atoms with Crippen molar-refractivity contribution in [3.05, 3.63) is 41.1 Å². The van der Waals surface area contributed by atoms with Crippen LogP contribution in [0.15, 0.2) is 40.5 Å². The summed E-state index contributed by atoms with van der Waals surface area (Å²) in [5, 5.41) is 3.42. The number of nitrogens with two attached hydrogens (primary N) is 1. The zero-order valence-corrected chi connectivity index (χ0v) is 21.1. The van der Waals surface area contributed by atoms with Crippen molar-refractivity contribution in [3.63, 3.8) is 0 Å². The van der Waals surface area contributed by atoms with Crippen LogP contribution in [0.3, 0.4) is 0 Å². The van der Waals surface area contributed by atoms with Crippen LogP contribution >= 0.6 is 0 Å². The molecule has 0 bridgehead atoms. The second-order valence-corrected chi connectivity index (χ2v) is 10.0. The fourth-order valence-corrected chi connectivity index (χ4v) is 4.40. The number of fused-ring (bicyclic) bond motifs is 1. The van der Waals surface area contributed by atoms with E-state index < -0.39 is 5.60 Å². The molecule has 182 valence electrons. The molecule has 1 atom stereocenters. The topological polar surface area (TPSA) is 80.0 Å². The summed E-state index contributed by atoms with van der Waals surface area (Å²) in [4.78, 5) is 19.7. The van der Waals surface area contributed by atoms with Crippen molar-refractivity contribution in [2.24, 2.45) is 16.6 Å². The molecule has 1 saturated heterocycles. The Bertz CT molecular complexity index is 863. The van der Waals surface area contributed by atoms with Gasteiger partial charge >= 0.3 is 6.09 Å². The molecule has 6 nitrogen and oxygen atoms in total. The Morgan fingerprint density at radius 2 is 1.88 bits per heavy atom. The molecule has 1 unspecified atom stereocenters. The van der Waals surface area contributed by atoms with Crippen LogP contribution in [-0.2, 0) is 11.2 Å². The minimum atomic E-state index is -0.527. The van der Waals surface area contributed by atoms with Gasteiger partial charge in [-0.05, 0) is 63.6 Å². The van der Waals surface area contributed by atoms with E-state index in [0.717, 1.165) is 48.0 Å². The number of nitrogens with one attached hydrogen (secondary N) is 1. The zero-order chi connectivity index (χ0) is 24.0. The number of aryl methyl sites for hydroxylation is 1. The van der Waals surface area contributed by atoms with Crippen LogP contribution in [0.4, 0.5) is 10.5 Å². The average molecular weight is 455 g/mol. The summed E-state index contributed by atoms with van der Waals surface area (Å²) < 4.78 is 5.67. The third-order valence-electron chi connectivity index (χ3n) is 6.23. The minimum absolute atomic E-state index is 0.150. The summed E-state index contributed by atoms with van der Waals surface area (Å²) in [6.45, 7) is 11.7. The number of piperidine rings is 1. The fraction of sp³-hybridized carbons (Fsp3) is 0.630. The number of rotatable bonds is 4. The number of hydrogen-bond donors (Lipinski definition) is 2. The van der Waals surface area contributed by atoms with E-state index in [1.165, 1.54) is 24.8 Å². The van der Waals surface area contributed by atoms with Crippen LogP contribution in [0.2, 0.25) is 0 Å². The molecule has 0 aromatic heterocycles. The summed E-state index contributed by atoms with van der Waals surface area (Å²) in [6, 6.07) is 8.46. The lowest BCUT2D eigenvalue weighted by atomic mass is 9.91. The van der Waals surface area contributed by atoms with E-state index in [0.29, 0.717) is 19.5 Å². The maximum absolute atomic E-state index is 12.9. The predicted molar refractivity (Wildman–Crippen MR) is 136 cm³/mol. The summed E-state index contributed by atoms with van der Waals surface area (Å²) in [6.07, 6.45) is 6.40. The first-order chi connectivity index (χ1) is 15.8. The number of benzene rings is 1.